The number of nitrogens with zero attached hydrogens (tertiary/aromatic N) is 2. The van der Waals surface area contributed by atoms with Crippen LogP contribution in [0.25, 0.3) is 0 Å². The highest BCUT2D eigenvalue weighted by atomic mass is 32.2. The van der Waals surface area contributed by atoms with Crippen molar-refractivity contribution < 1.29 is 13.2 Å². The molecule has 0 bridgehead atoms. The van der Waals surface area contributed by atoms with Gasteiger partial charge in [-0.15, -0.1) is 10.2 Å². The first-order valence-electron chi connectivity index (χ1n) is 8.03. The van der Waals surface area contributed by atoms with Gasteiger partial charge in [-0.05, 0) is 43.3 Å². The monoisotopic (exact) mass is 435 g/mol. The van der Waals surface area contributed by atoms with E-state index in [0.29, 0.717) is 20.8 Å². The van der Waals surface area contributed by atoms with E-state index in [0.717, 1.165) is 5.56 Å². The lowest BCUT2D eigenvalue weighted by molar-refractivity contribution is -0.113. The largest absolute Gasteiger partial charge is 0.374 e. The van der Waals surface area contributed by atoms with Crippen molar-refractivity contribution in [3.8, 4) is 0 Å². The zero-order valence-electron chi connectivity index (χ0n) is 14.7. The highest BCUT2D eigenvalue weighted by molar-refractivity contribution is 8.01. The number of hydrogen-bond acceptors (Lipinski definition) is 8. The van der Waals surface area contributed by atoms with Gasteiger partial charge >= 0.3 is 0 Å². The molecule has 8 nitrogen and oxygen atoms in total. The van der Waals surface area contributed by atoms with E-state index in [-0.39, 0.29) is 16.6 Å². The molecule has 0 saturated heterocycles. The summed E-state index contributed by atoms with van der Waals surface area (Å²) in [5.74, 6) is -0.0528. The fourth-order valence-corrected chi connectivity index (χ4v) is 4.65. The van der Waals surface area contributed by atoms with E-state index in [1.807, 2.05) is 6.92 Å². The number of nitrogens with one attached hydrogen (secondary N) is 2. The van der Waals surface area contributed by atoms with Crippen LogP contribution in [0.2, 0.25) is 0 Å². The average molecular weight is 436 g/mol. The molecule has 0 aliphatic carbocycles. The van der Waals surface area contributed by atoms with Crippen molar-refractivity contribution in [2.75, 3.05) is 21.5 Å². The van der Waals surface area contributed by atoms with Crippen LogP contribution in [-0.2, 0) is 14.8 Å². The molecule has 146 valence electrons. The van der Waals surface area contributed by atoms with Crippen molar-refractivity contribution in [3.05, 3.63) is 54.1 Å². The van der Waals surface area contributed by atoms with Gasteiger partial charge in [0.25, 0.3) is 10.0 Å². The number of anilines is 3. The minimum Gasteiger partial charge on any atom is -0.374 e. The van der Waals surface area contributed by atoms with Crippen LogP contribution in [0.3, 0.4) is 0 Å². The highest BCUT2D eigenvalue weighted by Gasteiger charge is 2.14. The Labute approximate surface area is 170 Å². The van der Waals surface area contributed by atoms with Crippen LogP contribution in [0.1, 0.15) is 5.56 Å². The first kappa shape index (κ1) is 20.1. The summed E-state index contributed by atoms with van der Waals surface area (Å²) >= 11 is 2.45. The van der Waals surface area contributed by atoms with Crippen molar-refractivity contribution >= 4 is 55.5 Å². The molecule has 1 heterocycles. The SMILES string of the molecule is Cc1ccc(S(=O)(=O)Nc2ccc(NC(=O)CSc3nnc(N)s3)cc2)cc1. The molecule has 1 aromatic heterocycles. The van der Waals surface area contributed by atoms with Crippen LogP contribution < -0.4 is 15.8 Å². The third kappa shape index (κ3) is 5.44. The molecule has 3 aromatic rings. The van der Waals surface area contributed by atoms with Crippen molar-refractivity contribution in [2.24, 2.45) is 0 Å². The summed E-state index contributed by atoms with van der Waals surface area (Å²) in [5.41, 5.74) is 7.43. The summed E-state index contributed by atoms with van der Waals surface area (Å²) in [7, 11) is -3.67. The van der Waals surface area contributed by atoms with E-state index in [1.54, 1.807) is 48.5 Å². The number of carbonyl (C=O) groups is 1. The molecule has 0 radical (unpaired) electrons. The first-order valence-corrected chi connectivity index (χ1v) is 11.3. The molecule has 0 unspecified atom stereocenters. The third-order valence-corrected chi connectivity index (χ3v) is 6.78. The van der Waals surface area contributed by atoms with Crippen LogP contribution in [0.15, 0.2) is 57.8 Å². The Balaban J connectivity index is 1.57. The summed E-state index contributed by atoms with van der Waals surface area (Å²) in [6, 6.07) is 13.0. The minimum atomic E-state index is -3.67. The number of nitrogen functional groups attached to an aromatic ring is 1. The Morgan fingerprint density at radius 3 is 2.32 bits per heavy atom. The molecule has 11 heteroatoms. The lowest BCUT2D eigenvalue weighted by Gasteiger charge is -2.10. The van der Waals surface area contributed by atoms with E-state index in [2.05, 4.69) is 20.2 Å². The summed E-state index contributed by atoms with van der Waals surface area (Å²) in [6.45, 7) is 1.89. The Bertz CT molecular complexity index is 1060. The van der Waals surface area contributed by atoms with E-state index < -0.39 is 10.0 Å². The molecule has 0 saturated carbocycles. The number of nitrogens with two attached hydrogens (primary N) is 1. The first-order chi connectivity index (χ1) is 13.3. The number of rotatable bonds is 7. The van der Waals surface area contributed by atoms with Gasteiger partial charge in [-0.1, -0.05) is 40.8 Å². The van der Waals surface area contributed by atoms with E-state index >= 15 is 0 Å². The quantitative estimate of drug-likeness (QED) is 0.487. The number of amides is 1. The number of aromatic nitrogens is 2. The number of benzene rings is 2. The predicted octanol–water partition coefficient (Wildman–Crippen LogP) is 2.96. The fraction of sp³-hybridized carbons (Fsp3) is 0.118. The summed E-state index contributed by atoms with van der Waals surface area (Å²) in [5, 5.41) is 10.6. The molecule has 0 fully saturated rings. The van der Waals surface area contributed by atoms with Crippen LogP contribution in [0.4, 0.5) is 16.5 Å². The van der Waals surface area contributed by atoms with Crippen molar-refractivity contribution in [3.63, 3.8) is 0 Å². The van der Waals surface area contributed by atoms with Crippen LogP contribution >= 0.6 is 23.1 Å². The maximum Gasteiger partial charge on any atom is 0.261 e. The van der Waals surface area contributed by atoms with Crippen molar-refractivity contribution in [1.29, 1.82) is 0 Å². The van der Waals surface area contributed by atoms with E-state index in [1.165, 1.54) is 23.1 Å². The average Bonchev–Trinajstić information content (AvgIpc) is 3.07. The maximum atomic E-state index is 12.4. The Morgan fingerprint density at radius 2 is 1.71 bits per heavy atom. The highest BCUT2D eigenvalue weighted by Crippen LogP contribution is 2.24. The number of aryl methyl sites for hydroxylation is 1. The van der Waals surface area contributed by atoms with Crippen LogP contribution in [0.5, 0.6) is 0 Å². The van der Waals surface area contributed by atoms with Gasteiger partial charge in [-0.3, -0.25) is 9.52 Å². The molecular weight excluding hydrogens is 418 g/mol. The van der Waals surface area contributed by atoms with Crippen molar-refractivity contribution in [2.45, 2.75) is 16.2 Å². The number of hydrogen-bond donors (Lipinski definition) is 3. The van der Waals surface area contributed by atoms with Gasteiger partial charge in [0.15, 0.2) is 4.34 Å². The Morgan fingerprint density at radius 1 is 1.07 bits per heavy atom. The Hall–Kier alpha value is -2.63. The number of carbonyl (C=O) groups excluding carboxylic acids is 1. The van der Waals surface area contributed by atoms with Gasteiger partial charge in [0.2, 0.25) is 11.0 Å². The fourth-order valence-electron chi connectivity index (χ4n) is 2.16. The van der Waals surface area contributed by atoms with Gasteiger partial charge in [-0.25, -0.2) is 8.42 Å². The second kappa shape index (κ2) is 8.59. The third-order valence-electron chi connectivity index (χ3n) is 3.50. The maximum absolute atomic E-state index is 12.4. The zero-order chi connectivity index (χ0) is 20.1. The predicted molar refractivity (Wildman–Crippen MR) is 112 cm³/mol. The molecule has 0 aliphatic rings. The number of sulfonamides is 1. The molecule has 2 aromatic carbocycles. The zero-order valence-corrected chi connectivity index (χ0v) is 17.2. The molecule has 1 amide bonds. The molecule has 3 rings (SSSR count). The van der Waals surface area contributed by atoms with E-state index in [4.69, 9.17) is 5.73 Å². The lowest BCUT2D eigenvalue weighted by Crippen LogP contribution is -2.15. The topological polar surface area (TPSA) is 127 Å². The summed E-state index contributed by atoms with van der Waals surface area (Å²) in [6.07, 6.45) is 0. The summed E-state index contributed by atoms with van der Waals surface area (Å²) < 4.78 is 27.9. The van der Waals surface area contributed by atoms with Gasteiger partial charge in [-0.2, -0.15) is 0 Å². The molecule has 0 aliphatic heterocycles. The van der Waals surface area contributed by atoms with Crippen LogP contribution in [-0.4, -0.2) is 30.3 Å². The van der Waals surface area contributed by atoms with Gasteiger partial charge in [0, 0.05) is 11.4 Å². The number of thioether (sulfide) groups is 1. The Kier molecular flexibility index (Phi) is 6.17. The summed E-state index contributed by atoms with van der Waals surface area (Å²) in [4.78, 5) is 12.2. The minimum absolute atomic E-state index is 0.163. The normalized spacial score (nSPS) is 11.2. The molecule has 28 heavy (non-hydrogen) atoms. The molecule has 0 atom stereocenters. The molecular formula is C17H17N5O3S3. The standard InChI is InChI=1S/C17H17N5O3S3/c1-11-2-8-14(9-3-11)28(24,25)22-13-6-4-12(5-7-13)19-15(23)10-26-17-21-20-16(18)27-17/h2-9,22H,10H2,1H3,(H2,18,20)(H,19,23). The van der Waals surface area contributed by atoms with Gasteiger partial charge in [0.05, 0.1) is 10.6 Å². The van der Waals surface area contributed by atoms with E-state index in [9.17, 15) is 13.2 Å². The smallest absolute Gasteiger partial charge is 0.261 e. The second-order valence-electron chi connectivity index (χ2n) is 5.74. The van der Waals surface area contributed by atoms with Gasteiger partial charge in [0.1, 0.15) is 0 Å². The van der Waals surface area contributed by atoms with Crippen molar-refractivity contribution in [1.82, 2.24) is 10.2 Å². The molecule has 4 N–H and O–H groups in total. The second-order valence-corrected chi connectivity index (χ2v) is 9.65. The van der Waals surface area contributed by atoms with Crippen LogP contribution in [0, 0.1) is 6.92 Å². The lowest BCUT2D eigenvalue weighted by atomic mass is 10.2. The van der Waals surface area contributed by atoms with Gasteiger partial charge < -0.3 is 11.1 Å². The molecule has 0 spiro atoms.